The smallest absolute Gasteiger partial charge is 0.113 e. The monoisotopic (exact) mass is 271 g/mol. The van der Waals surface area contributed by atoms with Crippen LogP contribution in [0.4, 0.5) is 0 Å². The minimum Gasteiger partial charge on any atom is -0.342 e. The van der Waals surface area contributed by atoms with Gasteiger partial charge < -0.3 is 10.3 Å². The molecule has 1 aromatic heterocycles. The molecule has 2 heterocycles. The van der Waals surface area contributed by atoms with Crippen molar-refractivity contribution in [1.29, 1.82) is 0 Å². The fourth-order valence-electron chi connectivity index (χ4n) is 3.24. The minimum atomic E-state index is 0.0960. The first-order chi connectivity index (χ1) is 9.61. The van der Waals surface area contributed by atoms with Gasteiger partial charge in [0.1, 0.15) is 5.82 Å². The van der Waals surface area contributed by atoms with Crippen LogP contribution >= 0.6 is 0 Å². The van der Waals surface area contributed by atoms with E-state index in [1.807, 2.05) is 0 Å². The Balaban J connectivity index is 1.95. The Morgan fingerprint density at radius 1 is 1.35 bits per heavy atom. The van der Waals surface area contributed by atoms with Crippen LogP contribution in [-0.2, 0) is 11.8 Å². The number of piperidine rings is 1. The molecular formula is C17H25N3. The Morgan fingerprint density at radius 3 is 2.90 bits per heavy atom. The molecule has 3 rings (SSSR count). The number of benzene rings is 1. The Kier molecular flexibility index (Phi) is 3.55. The molecule has 1 unspecified atom stereocenters. The largest absolute Gasteiger partial charge is 0.342 e. The lowest BCUT2D eigenvalue weighted by molar-refractivity contribution is 0.243. The third kappa shape index (κ3) is 2.35. The van der Waals surface area contributed by atoms with Gasteiger partial charge in [0.15, 0.2) is 0 Å². The van der Waals surface area contributed by atoms with Crippen molar-refractivity contribution in [2.24, 2.45) is 5.92 Å². The lowest BCUT2D eigenvalue weighted by Crippen LogP contribution is -2.41. The van der Waals surface area contributed by atoms with Crippen LogP contribution in [-0.4, -0.2) is 23.1 Å². The predicted molar refractivity (Wildman–Crippen MR) is 84.1 cm³/mol. The van der Waals surface area contributed by atoms with Crippen molar-refractivity contribution in [3.8, 4) is 0 Å². The highest BCUT2D eigenvalue weighted by Crippen LogP contribution is 2.34. The number of hydrogen-bond acceptors (Lipinski definition) is 2. The van der Waals surface area contributed by atoms with Gasteiger partial charge in [-0.3, -0.25) is 0 Å². The molecule has 0 radical (unpaired) electrons. The number of nitrogens with zero attached hydrogens (tertiary/aromatic N) is 1. The van der Waals surface area contributed by atoms with Crippen LogP contribution in [0.25, 0.3) is 11.0 Å². The number of aromatic amines is 1. The molecule has 0 saturated carbocycles. The van der Waals surface area contributed by atoms with Crippen LogP contribution in [0.15, 0.2) is 18.2 Å². The average Bonchev–Trinajstić information content (AvgIpc) is 2.91. The van der Waals surface area contributed by atoms with Crippen molar-refractivity contribution >= 4 is 11.0 Å². The van der Waals surface area contributed by atoms with Crippen LogP contribution in [0.3, 0.4) is 0 Å². The third-order valence-corrected chi connectivity index (χ3v) is 4.88. The van der Waals surface area contributed by atoms with E-state index in [0.717, 1.165) is 30.9 Å². The molecule has 1 aliphatic heterocycles. The molecule has 2 N–H and O–H groups in total. The molecule has 3 nitrogen and oxygen atoms in total. The lowest BCUT2D eigenvalue weighted by Gasteiger charge is -2.35. The molecule has 1 aromatic carbocycles. The molecule has 0 spiro atoms. The summed E-state index contributed by atoms with van der Waals surface area (Å²) in [7, 11) is 0. The molecule has 1 fully saturated rings. The van der Waals surface area contributed by atoms with Crippen molar-refractivity contribution in [3.05, 3.63) is 29.6 Å². The molecule has 0 amide bonds. The number of rotatable bonds is 3. The second-order valence-corrected chi connectivity index (χ2v) is 6.56. The molecule has 0 bridgehead atoms. The van der Waals surface area contributed by atoms with E-state index in [9.17, 15) is 0 Å². The Hall–Kier alpha value is -1.35. The molecule has 2 aromatic rings. The summed E-state index contributed by atoms with van der Waals surface area (Å²) in [5.41, 5.74) is 3.73. The maximum atomic E-state index is 4.85. The van der Waals surface area contributed by atoms with Gasteiger partial charge >= 0.3 is 0 Å². The van der Waals surface area contributed by atoms with Crippen LogP contribution in [0.2, 0.25) is 0 Å². The fraction of sp³-hybridized carbons (Fsp3) is 0.588. The maximum Gasteiger partial charge on any atom is 0.113 e. The Morgan fingerprint density at radius 2 is 2.20 bits per heavy atom. The second-order valence-electron chi connectivity index (χ2n) is 6.56. The number of fused-ring (bicyclic) bond motifs is 1. The molecule has 1 saturated heterocycles. The van der Waals surface area contributed by atoms with Crippen LogP contribution in [0, 0.1) is 5.92 Å². The van der Waals surface area contributed by atoms with Crippen molar-refractivity contribution < 1.29 is 0 Å². The van der Waals surface area contributed by atoms with Gasteiger partial charge in [0.05, 0.1) is 11.0 Å². The molecule has 1 aliphatic rings. The van der Waals surface area contributed by atoms with Gasteiger partial charge in [-0.25, -0.2) is 4.98 Å². The number of nitrogens with one attached hydrogen (secondary N) is 2. The zero-order valence-electron chi connectivity index (χ0n) is 12.8. The van der Waals surface area contributed by atoms with Crippen LogP contribution in [0.5, 0.6) is 0 Å². The summed E-state index contributed by atoms with van der Waals surface area (Å²) < 4.78 is 0. The number of H-pyrrole nitrogens is 1. The van der Waals surface area contributed by atoms with E-state index in [1.165, 1.54) is 23.9 Å². The van der Waals surface area contributed by atoms with Crippen molar-refractivity contribution in [1.82, 2.24) is 15.3 Å². The van der Waals surface area contributed by atoms with Gasteiger partial charge in [0.2, 0.25) is 0 Å². The average molecular weight is 271 g/mol. The molecular weight excluding hydrogens is 246 g/mol. The first kappa shape index (κ1) is 13.6. The summed E-state index contributed by atoms with van der Waals surface area (Å²) in [6.07, 6.45) is 3.63. The van der Waals surface area contributed by atoms with E-state index in [1.54, 1.807) is 0 Å². The number of aryl methyl sites for hydroxylation is 1. The van der Waals surface area contributed by atoms with Crippen LogP contribution < -0.4 is 5.32 Å². The minimum absolute atomic E-state index is 0.0960. The first-order valence-electron chi connectivity index (χ1n) is 7.81. The van der Waals surface area contributed by atoms with Gasteiger partial charge in [0.25, 0.3) is 0 Å². The number of hydrogen-bond donors (Lipinski definition) is 2. The topological polar surface area (TPSA) is 40.7 Å². The van der Waals surface area contributed by atoms with Crippen LogP contribution in [0.1, 0.15) is 45.0 Å². The molecule has 3 heteroatoms. The quantitative estimate of drug-likeness (QED) is 0.898. The van der Waals surface area contributed by atoms with Gasteiger partial charge in [0, 0.05) is 5.41 Å². The summed E-state index contributed by atoms with van der Waals surface area (Å²) in [4.78, 5) is 8.42. The van der Waals surface area contributed by atoms with E-state index >= 15 is 0 Å². The Bertz CT molecular complexity index is 591. The van der Waals surface area contributed by atoms with E-state index in [-0.39, 0.29) is 5.41 Å². The molecule has 1 atom stereocenters. The highest BCUT2D eigenvalue weighted by atomic mass is 15.0. The molecule has 0 aliphatic carbocycles. The summed E-state index contributed by atoms with van der Waals surface area (Å²) >= 11 is 0. The third-order valence-electron chi connectivity index (χ3n) is 4.88. The SMILES string of the molecule is CCc1ccc2nc(C(C)(C)C3CCCNC3)[nH]c2c1. The summed E-state index contributed by atoms with van der Waals surface area (Å²) in [5, 5.41) is 3.52. The van der Waals surface area contributed by atoms with Gasteiger partial charge in [-0.05, 0) is 56.0 Å². The van der Waals surface area contributed by atoms with Crippen molar-refractivity contribution in [2.45, 2.75) is 45.4 Å². The van der Waals surface area contributed by atoms with E-state index in [4.69, 9.17) is 4.98 Å². The number of aromatic nitrogens is 2. The fourth-order valence-corrected chi connectivity index (χ4v) is 3.24. The van der Waals surface area contributed by atoms with Gasteiger partial charge in [-0.1, -0.05) is 26.8 Å². The van der Waals surface area contributed by atoms with Crippen molar-refractivity contribution in [2.75, 3.05) is 13.1 Å². The highest BCUT2D eigenvalue weighted by Gasteiger charge is 2.34. The highest BCUT2D eigenvalue weighted by molar-refractivity contribution is 5.76. The number of imidazole rings is 1. The zero-order valence-corrected chi connectivity index (χ0v) is 12.8. The van der Waals surface area contributed by atoms with E-state index in [2.05, 4.69) is 49.3 Å². The predicted octanol–water partition coefficient (Wildman–Crippen LogP) is 3.40. The molecule has 108 valence electrons. The van der Waals surface area contributed by atoms with Gasteiger partial charge in [-0.15, -0.1) is 0 Å². The summed E-state index contributed by atoms with van der Waals surface area (Å²) in [6, 6.07) is 6.56. The van der Waals surface area contributed by atoms with Gasteiger partial charge in [-0.2, -0.15) is 0 Å². The standard InChI is InChI=1S/C17H25N3/c1-4-12-7-8-14-15(10-12)20-16(19-14)17(2,3)13-6-5-9-18-11-13/h7-8,10,13,18H,4-6,9,11H2,1-3H3,(H,19,20). The first-order valence-corrected chi connectivity index (χ1v) is 7.81. The summed E-state index contributed by atoms with van der Waals surface area (Å²) in [5.74, 6) is 1.79. The Labute approximate surface area is 121 Å². The summed E-state index contributed by atoms with van der Waals surface area (Å²) in [6.45, 7) is 9.10. The normalized spacial score (nSPS) is 20.4. The lowest BCUT2D eigenvalue weighted by atomic mass is 9.74. The van der Waals surface area contributed by atoms with E-state index in [0.29, 0.717) is 5.92 Å². The van der Waals surface area contributed by atoms with E-state index < -0.39 is 0 Å². The second kappa shape index (κ2) is 5.21. The zero-order chi connectivity index (χ0) is 14.2. The van der Waals surface area contributed by atoms with Crippen molar-refractivity contribution in [3.63, 3.8) is 0 Å². The maximum absolute atomic E-state index is 4.85. The molecule has 20 heavy (non-hydrogen) atoms.